The normalized spacial score (nSPS) is 15.3. The molecule has 6 nitrogen and oxygen atoms in total. The minimum atomic E-state index is -0.111. The molecule has 0 N–H and O–H groups in total. The lowest BCUT2D eigenvalue weighted by molar-refractivity contribution is 0.102. The Labute approximate surface area is 172 Å². The number of thioether (sulfide) groups is 1. The highest BCUT2D eigenvalue weighted by atomic mass is 32.2. The number of aliphatic imine (C=N–C) groups is 1. The van der Waals surface area contributed by atoms with Gasteiger partial charge in [0.05, 0.1) is 17.9 Å². The predicted octanol–water partition coefficient (Wildman–Crippen LogP) is 3.54. The van der Waals surface area contributed by atoms with Crippen molar-refractivity contribution in [2.75, 3.05) is 12.9 Å². The van der Waals surface area contributed by atoms with Gasteiger partial charge in [0.25, 0.3) is 0 Å². The maximum Gasteiger partial charge on any atom is 0.330 e. The Kier molecular flexibility index (Phi) is 5.25. The summed E-state index contributed by atoms with van der Waals surface area (Å²) < 4.78 is 8.99. The van der Waals surface area contributed by atoms with Gasteiger partial charge in [-0.15, -0.1) is 11.8 Å². The summed E-state index contributed by atoms with van der Waals surface area (Å²) in [6, 6.07) is 7.08. The number of hydrogen-bond donors (Lipinski definition) is 0. The molecule has 0 saturated heterocycles. The molecule has 0 bridgehead atoms. The zero-order valence-electron chi connectivity index (χ0n) is 15.8. The summed E-state index contributed by atoms with van der Waals surface area (Å²) in [6.07, 6.45) is 2.90. The number of ether oxygens (including phenoxy) is 1. The summed E-state index contributed by atoms with van der Waals surface area (Å²) in [5, 5.41) is 0.821. The van der Waals surface area contributed by atoms with Crippen LogP contribution in [0.15, 0.2) is 34.1 Å². The topological polar surface area (TPSA) is 65.6 Å². The quantitative estimate of drug-likeness (QED) is 0.533. The van der Waals surface area contributed by atoms with Crippen LogP contribution in [-0.2, 0) is 20.0 Å². The zero-order chi connectivity index (χ0) is 19.8. The van der Waals surface area contributed by atoms with E-state index in [0.29, 0.717) is 40.7 Å². The molecule has 28 heavy (non-hydrogen) atoms. The Morgan fingerprint density at radius 1 is 1.32 bits per heavy atom. The smallest absolute Gasteiger partial charge is 0.330 e. The first-order valence-corrected chi connectivity index (χ1v) is 10.6. The lowest BCUT2D eigenvalue weighted by atomic mass is 10.1. The second-order valence-electron chi connectivity index (χ2n) is 7.13. The number of benzene rings is 1. The van der Waals surface area contributed by atoms with E-state index >= 15 is 0 Å². The first kappa shape index (κ1) is 19.1. The number of ketones is 1. The molecule has 1 aromatic heterocycles. The maximum absolute atomic E-state index is 12.6. The molecule has 2 aliphatic rings. The van der Waals surface area contributed by atoms with Gasteiger partial charge < -0.3 is 4.74 Å². The molecule has 8 heteroatoms. The third kappa shape index (κ3) is 3.71. The van der Waals surface area contributed by atoms with Crippen molar-refractivity contribution >= 4 is 40.6 Å². The molecule has 0 amide bonds. The first-order chi connectivity index (χ1) is 13.5. The molecule has 1 aliphatic heterocycles. The van der Waals surface area contributed by atoms with Crippen molar-refractivity contribution in [3.05, 3.63) is 50.5 Å². The van der Waals surface area contributed by atoms with E-state index in [9.17, 15) is 9.59 Å². The Balaban J connectivity index is 1.48. The van der Waals surface area contributed by atoms with Crippen LogP contribution in [-0.4, -0.2) is 32.8 Å². The van der Waals surface area contributed by atoms with Crippen LogP contribution < -0.4 is 10.4 Å². The van der Waals surface area contributed by atoms with Crippen LogP contribution in [0.3, 0.4) is 0 Å². The third-order valence-electron chi connectivity index (χ3n) is 5.09. The van der Waals surface area contributed by atoms with Crippen LogP contribution in [0.4, 0.5) is 5.82 Å². The average Bonchev–Trinajstić information content (AvgIpc) is 3.43. The van der Waals surface area contributed by atoms with Gasteiger partial charge in [0.15, 0.2) is 5.78 Å². The highest BCUT2D eigenvalue weighted by Crippen LogP contribution is 2.33. The summed E-state index contributed by atoms with van der Waals surface area (Å²) in [5.41, 5.74) is 1.44. The fourth-order valence-electron chi connectivity index (χ4n) is 3.24. The van der Waals surface area contributed by atoms with Crippen LogP contribution in [0, 0.1) is 10.6 Å². The van der Waals surface area contributed by atoms with Crippen molar-refractivity contribution < 1.29 is 9.53 Å². The molecule has 146 valence electrons. The van der Waals surface area contributed by atoms with Crippen molar-refractivity contribution in [2.24, 2.45) is 18.0 Å². The van der Waals surface area contributed by atoms with E-state index in [1.165, 1.54) is 11.8 Å². The summed E-state index contributed by atoms with van der Waals surface area (Å²) in [5.74, 6) is 2.24. The molecule has 1 saturated carbocycles. The molecule has 2 heterocycles. The third-order valence-corrected chi connectivity index (χ3v) is 6.53. The Morgan fingerprint density at radius 2 is 2.04 bits per heavy atom. The van der Waals surface area contributed by atoms with E-state index in [-0.39, 0.29) is 11.5 Å². The van der Waals surface area contributed by atoms with Gasteiger partial charge in [-0.3, -0.25) is 13.9 Å². The molecule has 1 aliphatic carbocycles. The van der Waals surface area contributed by atoms with Gasteiger partial charge in [-0.2, -0.15) is 0 Å². The number of carbonyl (C=O) groups excluding carboxylic acids is 1. The molecule has 0 radical (unpaired) electrons. The van der Waals surface area contributed by atoms with E-state index in [1.54, 1.807) is 47.6 Å². The molecule has 0 unspecified atom stereocenters. The van der Waals surface area contributed by atoms with Crippen molar-refractivity contribution in [1.29, 1.82) is 0 Å². The van der Waals surface area contributed by atoms with Gasteiger partial charge in [0.1, 0.15) is 16.2 Å². The first-order valence-electron chi connectivity index (χ1n) is 9.18. The van der Waals surface area contributed by atoms with Gasteiger partial charge in [0, 0.05) is 31.1 Å². The monoisotopic (exact) mass is 415 g/mol. The van der Waals surface area contributed by atoms with Crippen molar-refractivity contribution in [1.82, 2.24) is 9.13 Å². The zero-order valence-corrected chi connectivity index (χ0v) is 17.4. The largest absolute Gasteiger partial charge is 0.497 e. The standard InChI is InChI=1S/C20H21N3O3S2/c1-22-18-15(19(27)23(20(22)25)10-12-3-4-12)9-17(21-18)28-11-16(24)13-5-7-14(26-2)8-6-13/h5-8,12H,3-4,9-11H2,1-2H3. The van der Waals surface area contributed by atoms with E-state index < -0.39 is 0 Å². The van der Waals surface area contributed by atoms with Gasteiger partial charge in [-0.05, 0) is 43.0 Å². The van der Waals surface area contributed by atoms with Crippen molar-refractivity contribution in [3.63, 3.8) is 0 Å². The van der Waals surface area contributed by atoms with Crippen LogP contribution in [0.2, 0.25) is 0 Å². The number of rotatable bonds is 6. The minimum Gasteiger partial charge on any atom is -0.497 e. The number of methoxy groups -OCH3 is 1. The number of nitrogens with zero attached hydrogens (tertiary/aromatic N) is 3. The maximum atomic E-state index is 12.6. The van der Waals surface area contributed by atoms with Gasteiger partial charge >= 0.3 is 5.69 Å². The molecule has 2 aromatic rings. The predicted molar refractivity (Wildman–Crippen MR) is 114 cm³/mol. The molecule has 1 fully saturated rings. The number of aromatic nitrogens is 2. The molecular formula is C20H21N3O3S2. The Bertz CT molecular complexity index is 1080. The van der Waals surface area contributed by atoms with E-state index in [4.69, 9.17) is 17.0 Å². The summed E-state index contributed by atoms with van der Waals surface area (Å²) >= 11 is 7.00. The fraction of sp³-hybridized carbons (Fsp3) is 0.400. The fourth-order valence-corrected chi connectivity index (χ4v) is 4.42. The number of hydrogen-bond acceptors (Lipinski definition) is 6. The summed E-state index contributed by atoms with van der Waals surface area (Å²) in [6.45, 7) is 0.692. The second-order valence-corrected chi connectivity index (χ2v) is 8.56. The second kappa shape index (κ2) is 7.67. The highest BCUT2D eigenvalue weighted by Gasteiger charge is 2.27. The van der Waals surface area contributed by atoms with Crippen LogP contribution in [0.1, 0.15) is 28.8 Å². The van der Waals surface area contributed by atoms with Gasteiger partial charge in [-0.25, -0.2) is 9.79 Å². The van der Waals surface area contributed by atoms with E-state index in [2.05, 4.69) is 4.99 Å². The molecule has 4 rings (SSSR count). The number of fused-ring (bicyclic) bond motifs is 1. The van der Waals surface area contributed by atoms with E-state index in [1.807, 2.05) is 0 Å². The van der Waals surface area contributed by atoms with Crippen LogP contribution in [0.5, 0.6) is 5.75 Å². The molecule has 0 spiro atoms. The highest BCUT2D eigenvalue weighted by molar-refractivity contribution is 8.14. The molecule has 0 atom stereocenters. The van der Waals surface area contributed by atoms with Crippen molar-refractivity contribution in [3.8, 4) is 5.75 Å². The number of carbonyl (C=O) groups is 1. The molecular weight excluding hydrogens is 394 g/mol. The van der Waals surface area contributed by atoms with Crippen molar-refractivity contribution in [2.45, 2.75) is 25.8 Å². The van der Waals surface area contributed by atoms with Crippen LogP contribution >= 0.6 is 24.0 Å². The Hall–Kier alpha value is -2.19. The lowest BCUT2D eigenvalue weighted by Gasteiger charge is -2.11. The minimum absolute atomic E-state index is 0.0302. The SMILES string of the molecule is COc1ccc(C(=O)CSC2=Nc3c(c(=S)n(CC4CC4)c(=O)n3C)C2)cc1. The number of Topliss-reactive ketones (excluding diaryl/α,β-unsaturated/α-hetero) is 1. The summed E-state index contributed by atoms with van der Waals surface area (Å²) in [7, 11) is 3.33. The molecule has 1 aromatic carbocycles. The van der Waals surface area contributed by atoms with Gasteiger partial charge in [-0.1, -0.05) is 12.2 Å². The summed E-state index contributed by atoms with van der Waals surface area (Å²) in [4.78, 5) is 29.7. The Morgan fingerprint density at radius 3 is 2.68 bits per heavy atom. The average molecular weight is 416 g/mol. The van der Waals surface area contributed by atoms with Crippen LogP contribution in [0.25, 0.3) is 0 Å². The lowest BCUT2D eigenvalue weighted by Crippen LogP contribution is -2.31. The van der Waals surface area contributed by atoms with Gasteiger partial charge in [0.2, 0.25) is 0 Å². The van der Waals surface area contributed by atoms with E-state index in [0.717, 1.165) is 29.2 Å².